The maximum absolute atomic E-state index is 12.8. The van der Waals surface area contributed by atoms with Gasteiger partial charge in [-0.1, -0.05) is 24.3 Å². The molecular weight excluding hydrogens is 762 g/mol. The fourth-order valence-electron chi connectivity index (χ4n) is 5.62. The Bertz CT molecular complexity index is 2020. The van der Waals surface area contributed by atoms with E-state index >= 15 is 0 Å². The van der Waals surface area contributed by atoms with E-state index in [1.807, 2.05) is 0 Å². The van der Waals surface area contributed by atoms with Crippen LogP contribution >= 0.6 is 0 Å². The minimum atomic E-state index is -4.49. The molecule has 302 valence electrons. The summed E-state index contributed by atoms with van der Waals surface area (Å²) in [6, 6.07) is 8.59. The molecule has 1 aromatic heterocycles. The van der Waals surface area contributed by atoms with Crippen molar-refractivity contribution < 1.29 is 74.3 Å². The van der Waals surface area contributed by atoms with Gasteiger partial charge >= 0.3 is 30.3 Å². The topological polar surface area (TPSA) is 160 Å². The Morgan fingerprint density at radius 3 is 1.88 bits per heavy atom. The van der Waals surface area contributed by atoms with Crippen molar-refractivity contribution in [1.29, 1.82) is 0 Å². The molecule has 0 radical (unpaired) electrons. The van der Waals surface area contributed by atoms with Crippen molar-refractivity contribution in [3.63, 3.8) is 0 Å². The molecule has 5 rings (SSSR count). The van der Waals surface area contributed by atoms with Gasteiger partial charge in [0.1, 0.15) is 12.2 Å². The number of amides is 1. The number of esters is 3. The van der Waals surface area contributed by atoms with Crippen LogP contribution in [0.4, 0.5) is 26.3 Å². The fourth-order valence-corrected chi connectivity index (χ4v) is 5.62. The van der Waals surface area contributed by atoms with Crippen LogP contribution in [0, 0.1) is 0 Å². The maximum atomic E-state index is 12.8. The lowest BCUT2D eigenvalue weighted by atomic mass is 10.1. The van der Waals surface area contributed by atoms with Crippen molar-refractivity contribution in [2.75, 3.05) is 33.5 Å². The van der Waals surface area contributed by atoms with Gasteiger partial charge in [0.2, 0.25) is 5.91 Å². The average Bonchev–Trinajstić information content (AvgIpc) is 3.83. The summed E-state index contributed by atoms with van der Waals surface area (Å²) in [5.74, 6) is -3.57. The third-order valence-corrected chi connectivity index (χ3v) is 8.36. The zero-order chi connectivity index (χ0) is 41.4. The van der Waals surface area contributed by atoms with Crippen LogP contribution in [-0.2, 0) is 76.7 Å². The summed E-state index contributed by atoms with van der Waals surface area (Å²) in [7, 11) is 1.17. The molecule has 13 nitrogen and oxygen atoms in total. The Balaban J connectivity index is 0.000000249. The van der Waals surface area contributed by atoms with E-state index in [0.717, 1.165) is 29.2 Å². The molecule has 2 aliphatic heterocycles. The number of nitrogens with zero attached hydrogens (tertiary/aromatic N) is 2. The van der Waals surface area contributed by atoms with Gasteiger partial charge in [-0.2, -0.15) is 26.3 Å². The molecule has 3 heterocycles. The van der Waals surface area contributed by atoms with Crippen LogP contribution in [0.3, 0.4) is 0 Å². The number of aromatic nitrogens is 1. The molecule has 0 fully saturated rings. The first kappa shape index (κ1) is 43.0. The number of ether oxygens (including phenoxy) is 5. The van der Waals surface area contributed by atoms with Crippen molar-refractivity contribution in [3.05, 3.63) is 109 Å². The maximum Gasteiger partial charge on any atom is 0.416 e. The summed E-state index contributed by atoms with van der Waals surface area (Å²) in [6.45, 7) is 2.91. The second-order valence-corrected chi connectivity index (χ2v) is 12.0. The summed E-state index contributed by atoms with van der Waals surface area (Å²) in [5, 5.41) is 10.3. The number of pyridine rings is 1. The molecule has 19 heteroatoms. The predicted molar refractivity (Wildman–Crippen MR) is 180 cm³/mol. The highest BCUT2D eigenvalue weighted by Gasteiger charge is 2.34. The lowest BCUT2D eigenvalue weighted by Crippen LogP contribution is -2.34. The molecular formula is C37H36F6N2O11. The second-order valence-electron chi connectivity index (χ2n) is 12.0. The minimum Gasteiger partial charge on any atom is -0.506 e. The van der Waals surface area contributed by atoms with Crippen LogP contribution in [-0.4, -0.2) is 71.9 Å². The van der Waals surface area contributed by atoms with Gasteiger partial charge in [0.15, 0.2) is 5.56 Å². The number of benzene rings is 2. The van der Waals surface area contributed by atoms with Crippen molar-refractivity contribution in [2.24, 2.45) is 0 Å². The molecule has 0 bridgehead atoms. The van der Waals surface area contributed by atoms with Gasteiger partial charge in [-0.05, 0) is 49.2 Å². The third kappa shape index (κ3) is 10.3. The molecule has 2 aromatic carbocycles. The summed E-state index contributed by atoms with van der Waals surface area (Å²) < 4.78 is 102. The summed E-state index contributed by atoms with van der Waals surface area (Å²) in [6.07, 6.45) is -9.54. The van der Waals surface area contributed by atoms with Crippen LogP contribution in [0.25, 0.3) is 0 Å². The van der Waals surface area contributed by atoms with Crippen LogP contribution in [0.5, 0.6) is 5.75 Å². The SMILES string of the molecule is CCOC(=O)CC(=O)N(Cc1ccc(C(F)(F)F)cc1)C1=C(C(=O)OC)COC1.CCOC(=O)c1c(O)c2c(n(Cc3ccc(C(F)(F)F)cc3)c1=O)COC2. The van der Waals surface area contributed by atoms with Crippen LogP contribution in [0.1, 0.15) is 64.1 Å². The Hall–Kier alpha value is -5.69. The average molecular weight is 799 g/mol. The lowest BCUT2D eigenvalue weighted by Gasteiger charge is -2.24. The van der Waals surface area contributed by atoms with E-state index in [0.29, 0.717) is 22.4 Å². The number of aromatic hydroxyl groups is 1. The Morgan fingerprint density at radius 1 is 0.786 bits per heavy atom. The number of methoxy groups -OCH3 is 1. The largest absolute Gasteiger partial charge is 0.506 e. The van der Waals surface area contributed by atoms with Gasteiger partial charge in [0.25, 0.3) is 5.56 Å². The molecule has 2 aliphatic rings. The van der Waals surface area contributed by atoms with Gasteiger partial charge in [0, 0.05) is 5.56 Å². The highest BCUT2D eigenvalue weighted by atomic mass is 19.4. The van der Waals surface area contributed by atoms with E-state index in [4.69, 9.17) is 18.9 Å². The van der Waals surface area contributed by atoms with E-state index in [1.165, 1.54) is 35.9 Å². The summed E-state index contributed by atoms with van der Waals surface area (Å²) in [4.78, 5) is 62.4. The van der Waals surface area contributed by atoms with Gasteiger partial charge in [-0.3, -0.25) is 14.4 Å². The standard InChI is InChI=1S/C19H20F3NO6.C18H16F3NO5/c1-3-29-17(25)8-16(24)23(15-11-28-10-14(15)18(26)27-2)9-12-4-6-13(7-5-12)19(20,21)22;1-2-27-17(25)14-15(23)12-8-26-9-13(12)22(16(14)24)7-10-3-5-11(6-4-10)18(19,20)21/h4-7H,3,8-11H2,1-2H3;3-6,23H,2,7-9H2,1H3. The minimum absolute atomic E-state index is 0.0147. The third-order valence-electron chi connectivity index (χ3n) is 8.36. The molecule has 56 heavy (non-hydrogen) atoms. The van der Waals surface area contributed by atoms with Gasteiger partial charge in [-0.15, -0.1) is 0 Å². The van der Waals surface area contributed by atoms with Crippen molar-refractivity contribution >= 4 is 23.8 Å². The van der Waals surface area contributed by atoms with Gasteiger partial charge < -0.3 is 38.3 Å². The molecule has 1 N–H and O–H groups in total. The number of alkyl halides is 6. The van der Waals surface area contributed by atoms with Crippen LogP contribution in [0.2, 0.25) is 0 Å². The normalized spacial score (nSPS) is 13.7. The molecule has 0 aliphatic carbocycles. The van der Waals surface area contributed by atoms with E-state index in [1.54, 1.807) is 13.8 Å². The summed E-state index contributed by atoms with van der Waals surface area (Å²) >= 11 is 0. The highest BCUT2D eigenvalue weighted by Crippen LogP contribution is 2.33. The van der Waals surface area contributed by atoms with Crippen molar-refractivity contribution in [2.45, 2.75) is 58.9 Å². The van der Waals surface area contributed by atoms with Gasteiger partial charge in [0.05, 0.1) is 87.9 Å². The molecule has 0 spiro atoms. The van der Waals surface area contributed by atoms with E-state index in [2.05, 4.69) is 4.74 Å². The zero-order valence-electron chi connectivity index (χ0n) is 30.2. The Kier molecular flexibility index (Phi) is 14.1. The quantitative estimate of drug-likeness (QED) is 0.117. The zero-order valence-corrected chi connectivity index (χ0v) is 30.2. The fraction of sp³-hybridized carbons (Fsp3) is 0.378. The number of halogens is 6. The molecule has 0 saturated carbocycles. The van der Waals surface area contributed by atoms with Crippen LogP contribution in [0.15, 0.2) is 64.6 Å². The highest BCUT2D eigenvalue weighted by molar-refractivity contribution is 5.97. The van der Waals surface area contributed by atoms with Gasteiger partial charge in [-0.25, -0.2) is 9.59 Å². The molecule has 0 saturated heterocycles. The van der Waals surface area contributed by atoms with E-state index in [-0.39, 0.29) is 64.0 Å². The Morgan fingerprint density at radius 2 is 1.34 bits per heavy atom. The molecule has 0 unspecified atom stereocenters. The molecule has 0 atom stereocenters. The predicted octanol–water partition coefficient (Wildman–Crippen LogP) is 5.27. The molecule has 1 amide bonds. The number of carbonyl (C=O) groups excluding carboxylic acids is 4. The number of carbonyl (C=O) groups is 4. The monoisotopic (exact) mass is 798 g/mol. The first-order valence-corrected chi connectivity index (χ1v) is 16.8. The van der Waals surface area contributed by atoms with Crippen molar-refractivity contribution in [3.8, 4) is 5.75 Å². The lowest BCUT2D eigenvalue weighted by molar-refractivity contribution is -0.148. The smallest absolute Gasteiger partial charge is 0.416 e. The number of fused-ring (bicyclic) bond motifs is 1. The van der Waals surface area contributed by atoms with Crippen molar-refractivity contribution in [1.82, 2.24) is 9.47 Å². The Labute approximate surface area is 315 Å². The number of rotatable bonds is 11. The summed E-state index contributed by atoms with van der Waals surface area (Å²) in [5.41, 5.74) is -1.13. The second kappa shape index (κ2) is 18.3. The number of hydrogen-bond donors (Lipinski definition) is 1. The first-order chi connectivity index (χ1) is 26.4. The first-order valence-electron chi connectivity index (χ1n) is 16.8. The van der Waals surface area contributed by atoms with Crippen LogP contribution < -0.4 is 5.56 Å². The number of hydrogen-bond acceptors (Lipinski definition) is 11. The van der Waals surface area contributed by atoms with E-state index in [9.17, 15) is 55.4 Å². The molecule has 3 aromatic rings. The van der Waals surface area contributed by atoms with E-state index < -0.39 is 70.6 Å².